The molecule has 0 spiro atoms. The number of sulfone groups is 1. The molecule has 0 unspecified atom stereocenters. The molecule has 7 heteroatoms. The van der Waals surface area contributed by atoms with Crippen LogP contribution in [0.2, 0.25) is 5.02 Å². The molecule has 0 saturated heterocycles. The molecule has 1 saturated carbocycles. The SMILES string of the molecule is CN(C(=O)Nc1cccc(Cl)c1)[C@H]1CCC[C@@H]1S(C)(=O)=O. The summed E-state index contributed by atoms with van der Waals surface area (Å²) in [5, 5.41) is 2.79. The number of benzene rings is 1. The van der Waals surface area contributed by atoms with Gasteiger partial charge in [0.25, 0.3) is 0 Å². The van der Waals surface area contributed by atoms with Crippen molar-refractivity contribution in [1.82, 2.24) is 4.90 Å². The van der Waals surface area contributed by atoms with Crippen LogP contribution in [0.25, 0.3) is 0 Å². The van der Waals surface area contributed by atoms with E-state index in [1.54, 1.807) is 31.3 Å². The van der Waals surface area contributed by atoms with Gasteiger partial charge in [0.05, 0.1) is 5.25 Å². The quantitative estimate of drug-likeness (QED) is 0.926. The minimum Gasteiger partial charge on any atom is -0.323 e. The van der Waals surface area contributed by atoms with E-state index in [4.69, 9.17) is 11.6 Å². The maximum atomic E-state index is 12.3. The molecular weight excluding hydrogens is 312 g/mol. The Labute approximate surface area is 130 Å². The van der Waals surface area contributed by atoms with Crippen molar-refractivity contribution in [3.63, 3.8) is 0 Å². The smallest absolute Gasteiger partial charge is 0.321 e. The van der Waals surface area contributed by atoms with Crippen LogP contribution < -0.4 is 5.32 Å². The highest BCUT2D eigenvalue weighted by Crippen LogP contribution is 2.29. The van der Waals surface area contributed by atoms with E-state index in [1.807, 2.05) is 0 Å². The second-order valence-electron chi connectivity index (χ2n) is 5.42. The fourth-order valence-corrected chi connectivity index (χ4v) is 4.45. The summed E-state index contributed by atoms with van der Waals surface area (Å²) in [6, 6.07) is 6.25. The average molecular weight is 331 g/mol. The zero-order chi connectivity index (χ0) is 15.6. The highest BCUT2D eigenvalue weighted by molar-refractivity contribution is 7.91. The second kappa shape index (κ2) is 6.23. The number of rotatable bonds is 3. The van der Waals surface area contributed by atoms with Crippen molar-refractivity contribution in [1.29, 1.82) is 0 Å². The standard InChI is InChI=1S/C14H19ClN2O3S/c1-17(12-7-4-8-13(12)21(2,19)20)14(18)16-11-6-3-5-10(15)9-11/h3,5-6,9,12-13H,4,7-8H2,1-2H3,(H,16,18)/t12-,13-/m0/s1. The zero-order valence-corrected chi connectivity index (χ0v) is 13.6. The topological polar surface area (TPSA) is 66.5 Å². The summed E-state index contributed by atoms with van der Waals surface area (Å²) in [6.45, 7) is 0. The first-order valence-corrected chi connectivity index (χ1v) is 9.10. The molecule has 21 heavy (non-hydrogen) atoms. The Hall–Kier alpha value is -1.27. The maximum absolute atomic E-state index is 12.3. The minimum absolute atomic E-state index is 0.279. The maximum Gasteiger partial charge on any atom is 0.321 e. The lowest BCUT2D eigenvalue weighted by Crippen LogP contribution is -2.46. The Kier molecular flexibility index (Phi) is 4.78. The summed E-state index contributed by atoms with van der Waals surface area (Å²) < 4.78 is 23.6. The van der Waals surface area contributed by atoms with Crippen LogP contribution in [0.15, 0.2) is 24.3 Å². The van der Waals surface area contributed by atoms with Crippen molar-refractivity contribution >= 4 is 33.2 Å². The van der Waals surface area contributed by atoms with E-state index in [0.29, 0.717) is 23.6 Å². The normalized spacial score (nSPS) is 22.0. The zero-order valence-electron chi connectivity index (χ0n) is 12.0. The van der Waals surface area contributed by atoms with Crippen molar-refractivity contribution in [3.05, 3.63) is 29.3 Å². The van der Waals surface area contributed by atoms with E-state index in [2.05, 4.69) is 5.32 Å². The lowest BCUT2D eigenvalue weighted by molar-refractivity contribution is 0.205. The van der Waals surface area contributed by atoms with Crippen molar-refractivity contribution in [2.75, 3.05) is 18.6 Å². The van der Waals surface area contributed by atoms with Gasteiger partial charge in [0.15, 0.2) is 9.84 Å². The van der Waals surface area contributed by atoms with Crippen molar-refractivity contribution < 1.29 is 13.2 Å². The molecule has 1 aromatic rings. The van der Waals surface area contributed by atoms with E-state index in [-0.39, 0.29) is 12.1 Å². The summed E-state index contributed by atoms with van der Waals surface area (Å²) >= 11 is 5.87. The molecule has 116 valence electrons. The lowest BCUT2D eigenvalue weighted by atomic mass is 10.2. The predicted molar refractivity (Wildman–Crippen MR) is 84.5 cm³/mol. The van der Waals surface area contributed by atoms with Gasteiger partial charge in [-0.15, -0.1) is 0 Å². The molecule has 2 rings (SSSR count). The number of halogens is 1. The molecule has 1 aliphatic carbocycles. The molecule has 1 aliphatic rings. The van der Waals surface area contributed by atoms with E-state index in [9.17, 15) is 13.2 Å². The highest BCUT2D eigenvalue weighted by Gasteiger charge is 2.38. The third kappa shape index (κ3) is 3.89. The van der Waals surface area contributed by atoms with Crippen LogP contribution in [0, 0.1) is 0 Å². The van der Waals surface area contributed by atoms with Crippen LogP contribution in [0.3, 0.4) is 0 Å². The van der Waals surface area contributed by atoms with Crippen molar-refractivity contribution in [3.8, 4) is 0 Å². The van der Waals surface area contributed by atoms with Gasteiger partial charge >= 0.3 is 6.03 Å². The number of anilines is 1. The van der Waals surface area contributed by atoms with Crippen LogP contribution in [0.5, 0.6) is 0 Å². The number of nitrogens with zero attached hydrogens (tertiary/aromatic N) is 1. The van der Waals surface area contributed by atoms with Crippen LogP contribution in [-0.2, 0) is 9.84 Å². The van der Waals surface area contributed by atoms with E-state index < -0.39 is 15.1 Å². The lowest BCUT2D eigenvalue weighted by Gasteiger charge is -2.29. The van der Waals surface area contributed by atoms with Gasteiger partial charge in [-0.3, -0.25) is 0 Å². The molecule has 0 bridgehead atoms. The highest BCUT2D eigenvalue weighted by atomic mass is 35.5. The van der Waals surface area contributed by atoms with Crippen molar-refractivity contribution in [2.45, 2.75) is 30.6 Å². The van der Waals surface area contributed by atoms with Crippen LogP contribution >= 0.6 is 11.6 Å². The summed E-state index contributed by atoms with van der Waals surface area (Å²) in [5.41, 5.74) is 0.591. The minimum atomic E-state index is -3.15. The molecule has 1 fully saturated rings. The van der Waals surface area contributed by atoms with Gasteiger partial charge in [-0.25, -0.2) is 13.2 Å². The molecule has 2 amide bonds. The largest absolute Gasteiger partial charge is 0.323 e. The summed E-state index contributed by atoms with van der Waals surface area (Å²) in [5.74, 6) is 0. The number of amides is 2. The number of carbonyl (C=O) groups excluding carboxylic acids is 1. The van der Waals surface area contributed by atoms with Gasteiger partial charge in [-0.1, -0.05) is 17.7 Å². The van der Waals surface area contributed by atoms with E-state index >= 15 is 0 Å². The molecule has 2 atom stereocenters. The van der Waals surface area contributed by atoms with Crippen LogP contribution in [0.4, 0.5) is 10.5 Å². The van der Waals surface area contributed by atoms with Crippen LogP contribution in [0.1, 0.15) is 19.3 Å². The number of hydrogen-bond donors (Lipinski definition) is 1. The van der Waals surface area contributed by atoms with Gasteiger partial charge in [-0.2, -0.15) is 0 Å². The number of hydrogen-bond acceptors (Lipinski definition) is 3. The third-order valence-corrected chi connectivity index (χ3v) is 5.75. The van der Waals surface area contributed by atoms with Crippen molar-refractivity contribution in [2.24, 2.45) is 0 Å². The summed E-state index contributed by atoms with van der Waals surface area (Å²) in [7, 11) is -1.52. The number of urea groups is 1. The first-order chi connectivity index (χ1) is 9.79. The molecule has 0 heterocycles. The Bertz CT molecular complexity index is 633. The Morgan fingerprint density at radius 2 is 2.10 bits per heavy atom. The second-order valence-corrected chi connectivity index (χ2v) is 8.12. The molecule has 0 aliphatic heterocycles. The Morgan fingerprint density at radius 3 is 2.71 bits per heavy atom. The molecule has 1 N–H and O–H groups in total. The molecule has 0 radical (unpaired) electrons. The monoisotopic (exact) mass is 330 g/mol. The predicted octanol–water partition coefficient (Wildman–Crippen LogP) is 2.77. The number of carbonyl (C=O) groups is 1. The van der Waals surface area contributed by atoms with Gasteiger partial charge in [-0.05, 0) is 37.5 Å². The Balaban J connectivity index is 2.09. The van der Waals surface area contributed by atoms with E-state index in [0.717, 1.165) is 6.42 Å². The van der Waals surface area contributed by atoms with E-state index in [1.165, 1.54) is 11.2 Å². The Morgan fingerprint density at radius 1 is 1.38 bits per heavy atom. The number of nitrogens with one attached hydrogen (secondary N) is 1. The fourth-order valence-electron chi connectivity index (χ4n) is 2.78. The molecule has 0 aromatic heterocycles. The summed E-state index contributed by atoms with van der Waals surface area (Å²) in [4.78, 5) is 13.7. The van der Waals surface area contributed by atoms with Gasteiger partial charge in [0.2, 0.25) is 0 Å². The summed E-state index contributed by atoms with van der Waals surface area (Å²) in [6.07, 6.45) is 3.37. The van der Waals surface area contributed by atoms with Gasteiger partial charge in [0, 0.05) is 30.1 Å². The van der Waals surface area contributed by atoms with Crippen LogP contribution in [-0.4, -0.2) is 43.9 Å². The fraction of sp³-hybridized carbons (Fsp3) is 0.500. The molecule has 1 aromatic carbocycles. The first kappa shape index (κ1) is 16.1. The molecule has 5 nitrogen and oxygen atoms in total. The van der Waals surface area contributed by atoms with Gasteiger partial charge < -0.3 is 10.2 Å². The molecular formula is C14H19ClN2O3S. The third-order valence-electron chi connectivity index (χ3n) is 3.86. The van der Waals surface area contributed by atoms with Gasteiger partial charge in [0.1, 0.15) is 0 Å². The average Bonchev–Trinajstić information content (AvgIpc) is 2.86. The first-order valence-electron chi connectivity index (χ1n) is 6.77.